The van der Waals surface area contributed by atoms with Crippen LogP contribution in [0.5, 0.6) is 0 Å². The SMILES string of the molecule is CCSc1ccc(Cc2nnc(NC(=O)c3c(-c4ccccc4Cl)noc3C)o2)cc1. The number of aryl methyl sites for hydroxylation is 1. The summed E-state index contributed by atoms with van der Waals surface area (Å²) in [5.41, 5.74) is 2.25. The Kier molecular flexibility index (Phi) is 6.39. The molecule has 0 saturated heterocycles. The number of aromatic nitrogens is 3. The summed E-state index contributed by atoms with van der Waals surface area (Å²) >= 11 is 8.04. The Morgan fingerprint density at radius 1 is 1.13 bits per heavy atom. The molecule has 0 aliphatic heterocycles. The zero-order valence-electron chi connectivity index (χ0n) is 16.9. The van der Waals surface area contributed by atoms with Gasteiger partial charge in [0.15, 0.2) is 0 Å². The van der Waals surface area contributed by atoms with Crippen molar-refractivity contribution in [3.05, 3.63) is 76.3 Å². The van der Waals surface area contributed by atoms with Crippen molar-refractivity contribution in [3.8, 4) is 11.3 Å². The highest BCUT2D eigenvalue weighted by Crippen LogP contribution is 2.31. The number of carbonyl (C=O) groups excluding carboxylic acids is 1. The minimum atomic E-state index is -0.468. The Bertz CT molecular complexity index is 1200. The van der Waals surface area contributed by atoms with E-state index in [1.807, 2.05) is 18.2 Å². The minimum Gasteiger partial charge on any atom is -0.407 e. The van der Waals surface area contributed by atoms with Crippen molar-refractivity contribution in [2.45, 2.75) is 25.2 Å². The molecule has 0 unspecified atom stereocenters. The number of thioether (sulfide) groups is 1. The molecule has 4 aromatic rings. The van der Waals surface area contributed by atoms with Gasteiger partial charge in [-0.05, 0) is 36.4 Å². The monoisotopic (exact) mass is 454 g/mol. The highest BCUT2D eigenvalue weighted by atomic mass is 35.5. The lowest BCUT2D eigenvalue weighted by Gasteiger charge is -2.04. The fourth-order valence-electron chi connectivity index (χ4n) is 3.06. The smallest absolute Gasteiger partial charge is 0.322 e. The van der Waals surface area contributed by atoms with Crippen LogP contribution in [0.4, 0.5) is 6.01 Å². The van der Waals surface area contributed by atoms with Crippen LogP contribution in [0.2, 0.25) is 5.02 Å². The molecule has 2 heterocycles. The summed E-state index contributed by atoms with van der Waals surface area (Å²) in [7, 11) is 0. The lowest BCUT2D eigenvalue weighted by atomic mass is 10.1. The molecule has 7 nitrogen and oxygen atoms in total. The highest BCUT2D eigenvalue weighted by molar-refractivity contribution is 7.99. The third kappa shape index (κ3) is 4.81. The second-order valence-electron chi connectivity index (χ2n) is 6.65. The van der Waals surface area contributed by atoms with E-state index in [-0.39, 0.29) is 11.6 Å². The molecule has 0 aliphatic carbocycles. The largest absolute Gasteiger partial charge is 0.407 e. The van der Waals surface area contributed by atoms with E-state index in [0.29, 0.717) is 34.4 Å². The summed E-state index contributed by atoms with van der Waals surface area (Å²) in [6, 6.07) is 15.3. The van der Waals surface area contributed by atoms with E-state index in [2.05, 4.69) is 39.7 Å². The van der Waals surface area contributed by atoms with E-state index in [0.717, 1.165) is 11.3 Å². The molecule has 0 spiro atoms. The lowest BCUT2D eigenvalue weighted by molar-refractivity contribution is 0.102. The normalized spacial score (nSPS) is 10.9. The third-order valence-electron chi connectivity index (χ3n) is 4.50. The number of nitrogens with zero attached hydrogens (tertiary/aromatic N) is 3. The maximum atomic E-state index is 12.9. The second-order valence-corrected chi connectivity index (χ2v) is 8.40. The Morgan fingerprint density at radius 2 is 1.90 bits per heavy atom. The van der Waals surface area contributed by atoms with Crippen molar-refractivity contribution in [1.82, 2.24) is 15.4 Å². The van der Waals surface area contributed by atoms with Gasteiger partial charge in [0.2, 0.25) is 5.89 Å². The van der Waals surface area contributed by atoms with Crippen LogP contribution in [0.25, 0.3) is 11.3 Å². The number of halogens is 1. The molecular formula is C22H19ClN4O3S. The van der Waals surface area contributed by atoms with Crippen molar-refractivity contribution >= 4 is 35.3 Å². The number of carbonyl (C=O) groups is 1. The van der Waals surface area contributed by atoms with Gasteiger partial charge in [0, 0.05) is 10.5 Å². The summed E-state index contributed by atoms with van der Waals surface area (Å²) in [6.07, 6.45) is 0.469. The number of amides is 1. The first-order valence-electron chi connectivity index (χ1n) is 9.61. The van der Waals surface area contributed by atoms with Gasteiger partial charge in [-0.1, -0.05) is 59.1 Å². The van der Waals surface area contributed by atoms with Crippen LogP contribution in [0.3, 0.4) is 0 Å². The van der Waals surface area contributed by atoms with Crippen LogP contribution >= 0.6 is 23.4 Å². The lowest BCUT2D eigenvalue weighted by Crippen LogP contribution is -2.13. The van der Waals surface area contributed by atoms with Gasteiger partial charge in [-0.3, -0.25) is 10.1 Å². The van der Waals surface area contributed by atoms with Gasteiger partial charge in [-0.15, -0.1) is 16.9 Å². The summed E-state index contributed by atoms with van der Waals surface area (Å²) in [5, 5.41) is 15.0. The molecule has 1 N–H and O–H groups in total. The van der Waals surface area contributed by atoms with Gasteiger partial charge in [0.1, 0.15) is 17.0 Å². The van der Waals surface area contributed by atoms with E-state index in [1.54, 1.807) is 36.9 Å². The predicted molar refractivity (Wildman–Crippen MR) is 120 cm³/mol. The first-order valence-corrected chi connectivity index (χ1v) is 11.0. The number of benzene rings is 2. The van der Waals surface area contributed by atoms with Crippen molar-refractivity contribution in [1.29, 1.82) is 0 Å². The molecule has 0 bridgehead atoms. The number of hydrogen-bond donors (Lipinski definition) is 1. The Morgan fingerprint density at radius 3 is 2.65 bits per heavy atom. The number of nitrogens with one attached hydrogen (secondary N) is 1. The van der Waals surface area contributed by atoms with Crippen LogP contribution in [-0.4, -0.2) is 27.0 Å². The maximum Gasteiger partial charge on any atom is 0.322 e. The van der Waals surface area contributed by atoms with Gasteiger partial charge >= 0.3 is 6.01 Å². The molecule has 0 radical (unpaired) electrons. The van der Waals surface area contributed by atoms with Crippen molar-refractivity contribution in [2.24, 2.45) is 0 Å². The van der Waals surface area contributed by atoms with E-state index < -0.39 is 5.91 Å². The first kappa shape index (κ1) is 21.1. The Hall–Kier alpha value is -3.10. The zero-order valence-corrected chi connectivity index (χ0v) is 18.5. The van der Waals surface area contributed by atoms with Crippen LogP contribution in [0.15, 0.2) is 62.4 Å². The van der Waals surface area contributed by atoms with E-state index in [9.17, 15) is 4.79 Å². The van der Waals surface area contributed by atoms with E-state index >= 15 is 0 Å². The Labute approximate surface area is 188 Å². The maximum absolute atomic E-state index is 12.9. The molecule has 1 amide bonds. The van der Waals surface area contributed by atoms with Gasteiger partial charge in [0.25, 0.3) is 5.91 Å². The van der Waals surface area contributed by atoms with Crippen molar-refractivity contribution in [2.75, 3.05) is 11.1 Å². The fraction of sp³-hybridized carbons (Fsp3) is 0.182. The highest BCUT2D eigenvalue weighted by Gasteiger charge is 2.24. The average molecular weight is 455 g/mol. The predicted octanol–water partition coefficient (Wildman–Crippen LogP) is 5.64. The topological polar surface area (TPSA) is 94.1 Å². The van der Waals surface area contributed by atoms with Crippen molar-refractivity contribution < 1.29 is 13.7 Å². The molecule has 9 heteroatoms. The number of rotatable bonds is 7. The molecule has 2 aromatic carbocycles. The summed E-state index contributed by atoms with van der Waals surface area (Å²) in [5.74, 6) is 1.32. The third-order valence-corrected chi connectivity index (χ3v) is 5.72. The Balaban J connectivity index is 1.49. The van der Waals surface area contributed by atoms with Crippen molar-refractivity contribution in [3.63, 3.8) is 0 Å². The van der Waals surface area contributed by atoms with E-state index in [4.69, 9.17) is 20.5 Å². The van der Waals surface area contributed by atoms with Crippen LogP contribution in [0, 0.1) is 6.92 Å². The molecular weight excluding hydrogens is 436 g/mol. The van der Waals surface area contributed by atoms with Gasteiger partial charge in [-0.25, -0.2) is 0 Å². The molecule has 4 rings (SSSR count). The molecule has 2 aromatic heterocycles. The quantitative estimate of drug-likeness (QED) is 0.361. The number of hydrogen-bond acceptors (Lipinski definition) is 7. The van der Waals surface area contributed by atoms with Gasteiger partial charge in [0.05, 0.1) is 11.4 Å². The zero-order chi connectivity index (χ0) is 21.8. The van der Waals surface area contributed by atoms with Gasteiger partial charge in [-0.2, -0.15) is 0 Å². The van der Waals surface area contributed by atoms with E-state index in [1.165, 1.54) is 4.90 Å². The first-order chi connectivity index (χ1) is 15.0. The molecule has 0 saturated carbocycles. The van der Waals surface area contributed by atoms with Crippen LogP contribution in [0.1, 0.15) is 34.5 Å². The summed E-state index contributed by atoms with van der Waals surface area (Å²) in [4.78, 5) is 14.1. The summed E-state index contributed by atoms with van der Waals surface area (Å²) < 4.78 is 10.8. The fourth-order valence-corrected chi connectivity index (χ4v) is 3.94. The molecule has 0 fully saturated rings. The second kappa shape index (κ2) is 9.36. The average Bonchev–Trinajstić information content (AvgIpc) is 3.36. The minimum absolute atomic E-state index is 0.00358. The molecule has 31 heavy (non-hydrogen) atoms. The molecule has 158 valence electrons. The number of anilines is 1. The van der Waals surface area contributed by atoms with Crippen LogP contribution < -0.4 is 5.32 Å². The standard InChI is InChI=1S/C22H19ClN4O3S/c1-3-31-15-10-8-14(9-11-15)12-18-25-26-22(29-18)24-21(28)19-13(2)30-27-20(19)16-6-4-5-7-17(16)23/h4-11H,3,12H2,1-2H3,(H,24,26,28). The van der Waals surface area contributed by atoms with Crippen LogP contribution in [-0.2, 0) is 6.42 Å². The summed E-state index contributed by atoms with van der Waals surface area (Å²) in [6.45, 7) is 3.77. The molecule has 0 aliphatic rings. The van der Waals surface area contributed by atoms with Gasteiger partial charge < -0.3 is 8.94 Å². The molecule has 0 atom stereocenters.